The van der Waals surface area contributed by atoms with Crippen LogP contribution in [-0.4, -0.2) is 27.7 Å². The van der Waals surface area contributed by atoms with Gasteiger partial charge in [-0.25, -0.2) is 9.97 Å². The van der Waals surface area contributed by atoms with E-state index in [0.717, 1.165) is 17.1 Å². The van der Waals surface area contributed by atoms with Crippen LogP contribution in [0, 0.1) is 13.8 Å². The van der Waals surface area contributed by atoms with Crippen LogP contribution in [0.1, 0.15) is 37.0 Å². The van der Waals surface area contributed by atoms with Crippen molar-refractivity contribution < 1.29 is 5.11 Å². The number of aliphatic hydroxyl groups excluding tert-OH is 1. The fraction of sp³-hybridized carbons (Fsp3) is 0.636. The molecule has 0 aliphatic heterocycles. The molecule has 0 amide bonds. The van der Waals surface area contributed by atoms with Crippen LogP contribution in [0.25, 0.3) is 0 Å². The first kappa shape index (κ1) is 12.1. The van der Waals surface area contributed by atoms with E-state index in [4.69, 9.17) is 5.11 Å². The van der Waals surface area contributed by atoms with Gasteiger partial charge in [0, 0.05) is 29.5 Å². The van der Waals surface area contributed by atoms with Crippen molar-refractivity contribution in [2.75, 3.05) is 6.61 Å². The van der Waals surface area contributed by atoms with Crippen LogP contribution >= 0.6 is 0 Å². The minimum absolute atomic E-state index is 0.0840. The van der Waals surface area contributed by atoms with Gasteiger partial charge in [0.15, 0.2) is 0 Å². The summed E-state index contributed by atoms with van der Waals surface area (Å²) < 4.78 is 0. The second kappa shape index (κ2) is 5.19. The van der Waals surface area contributed by atoms with Crippen LogP contribution in [0.5, 0.6) is 0 Å². The molecule has 15 heavy (non-hydrogen) atoms. The molecule has 0 radical (unpaired) electrons. The highest BCUT2D eigenvalue weighted by molar-refractivity contribution is 5.19. The first-order chi connectivity index (χ1) is 7.04. The molecule has 0 aromatic carbocycles. The van der Waals surface area contributed by atoms with Crippen molar-refractivity contribution in [3.63, 3.8) is 0 Å². The molecule has 0 saturated carbocycles. The summed E-state index contributed by atoms with van der Waals surface area (Å²) >= 11 is 0. The first-order valence-corrected chi connectivity index (χ1v) is 5.21. The highest BCUT2D eigenvalue weighted by atomic mass is 16.3. The van der Waals surface area contributed by atoms with Crippen molar-refractivity contribution in [2.24, 2.45) is 0 Å². The summed E-state index contributed by atoms with van der Waals surface area (Å²) in [6.07, 6.45) is 1.85. The molecule has 1 aromatic rings. The zero-order valence-electron chi connectivity index (χ0n) is 9.78. The molecule has 0 saturated heterocycles. The lowest BCUT2D eigenvalue weighted by Gasteiger charge is -2.19. The third kappa shape index (κ3) is 3.25. The van der Waals surface area contributed by atoms with E-state index in [-0.39, 0.29) is 18.7 Å². The molecule has 0 spiro atoms. The van der Waals surface area contributed by atoms with Gasteiger partial charge >= 0.3 is 0 Å². The van der Waals surface area contributed by atoms with Crippen LogP contribution in [-0.2, 0) is 0 Å². The van der Waals surface area contributed by atoms with Crippen molar-refractivity contribution in [3.05, 3.63) is 23.3 Å². The van der Waals surface area contributed by atoms with Gasteiger partial charge in [-0.05, 0) is 27.7 Å². The fourth-order valence-electron chi connectivity index (χ4n) is 1.59. The third-order valence-corrected chi connectivity index (χ3v) is 2.41. The van der Waals surface area contributed by atoms with Gasteiger partial charge in [-0.2, -0.15) is 0 Å². The van der Waals surface area contributed by atoms with E-state index in [2.05, 4.69) is 15.3 Å². The Morgan fingerprint density at radius 3 is 2.60 bits per heavy atom. The number of rotatable bonds is 4. The first-order valence-electron chi connectivity index (χ1n) is 5.21. The lowest BCUT2D eigenvalue weighted by molar-refractivity contribution is 0.243. The smallest absolute Gasteiger partial charge is 0.125 e. The molecule has 2 N–H and O–H groups in total. The molecular weight excluding hydrogens is 190 g/mol. The van der Waals surface area contributed by atoms with Gasteiger partial charge in [0.2, 0.25) is 0 Å². The van der Waals surface area contributed by atoms with E-state index in [9.17, 15) is 0 Å². The predicted octanol–water partition coefficient (Wildman–Crippen LogP) is 1.12. The van der Waals surface area contributed by atoms with Gasteiger partial charge in [-0.3, -0.25) is 0 Å². The number of hydrogen-bond donors (Lipinski definition) is 2. The van der Waals surface area contributed by atoms with Crippen molar-refractivity contribution in [2.45, 2.75) is 39.8 Å². The molecule has 2 atom stereocenters. The van der Waals surface area contributed by atoms with Crippen LogP contribution in [0.2, 0.25) is 0 Å². The summed E-state index contributed by atoms with van der Waals surface area (Å²) in [4.78, 5) is 8.49. The number of aryl methyl sites for hydroxylation is 2. The number of nitrogens with zero attached hydrogens (tertiary/aromatic N) is 2. The van der Waals surface area contributed by atoms with E-state index in [1.165, 1.54) is 0 Å². The predicted molar refractivity (Wildman–Crippen MR) is 59.6 cm³/mol. The summed E-state index contributed by atoms with van der Waals surface area (Å²) in [7, 11) is 0. The average Bonchev–Trinajstić information content (AvgIpc) is 2.17. The molecule has 2 unspecified atom stereocenters. The molecular formula is C11H19N3O. The largest absolute Gasteiger partial charge is 0.395 e. The van der Waals surface area contributed by atoms with E-state index in [1.807, 2.05) is 33.9 Å². The van der Waals surface area contributed by atoms with E-state index in [0.29, 0.717) is 0 Å². The van der Waals surface area contributed by atoms with E-state index >= 15 is 0 Å². The van der Waals surface area contributed by atoms with Crippen LogP contribution in [0.3, 0.4) is 0 Å². The monoisotopic (exact) mass is 209 g/mol. The minimum Gasteiger partial charge on any atom is -0.395 e. The molecule has 0 aliphatic rings. The van der Waals surface area contributed by atoms with Crippen LogP contribution in [0.4, 0.5) is 0 Å². The standard InChI is InChI=1S/C11H19N3O/c1-7(6-15)13-8(2)11-5-12-10(4)14-9(11)3/h5,7-8,13,15H,6H2,1-4H3. The zero-order valence-corrected chi connectivity index (χ0v) is 9.78. The molecule has 0 aliphatic carbocycles. The van der Waals surface area contributed by atoms with Gasteiger partial charge < -0.3 is 10.4 Å². The van der Waals surface area contributed by atoms with Gasteiger partial charge in [0.25, 0.3) is 0 Å². The maximum Gasteiger partial charge on any atom is 0.125 e. The highest BCUT2D eigenvalue weighted by Gasteiger charge is 2.12. The van der Waals surface area contributed by atoms with E-state index < -0.39 is 0 Å². The summed E-state index contributed by atoms with van der Waals surface area (Å²) in [5.74, 6) is 0.790. The van der Waals surface area contributed by atoms with E-state index in [1.54, 1.807) is 0 Å². The molecule has 0 fully saturated rings. The Kier molecular flexibility index (Phi) is 4.17. The molecule has 1 aromatic heterocycles. The number of nitrogens with one attached hydrogen (secondary N) is 1. The SMILES string of the molecule is Cc1ncc(C(C)NC(C)CO)c(C)n1. The number of hydrogen-bond acceptors (Lipinski definition) is 4. The second-order valence-corrected chi connectivity index (χ2v) is 3.93. The lowest BCUT2D eigenvalue weighted by atomic mass is 10.1. The van der Waals surface area contributed by atoms with Crippen LogP contribution in [0.15, 0.2) is 6.20 Å². The Morgan fingerprint density at radius 1 is 1.40 bits per heavy atom. The van der Waals surface area contributed by atoms with Crippen molar-refractivity contribution in [3.8, 4) is 0 Å². The maximum atomic E-state index is 8.95. The topological polar surface area (TPSA) is 58.0 Å². The Balaban J connectivity index is 2.77. The third-order valence-electron chi connectivity index (χ3n) is 2.41. The summed E-state index contributed by atoms with van der Waals surface area (Å²) in [6, 6.07) is 0.244. The summed E-state index contributed by atoms with van der Waals surface area (Å²) in [6.45, 7) is 7.99. The fourth-order valence-corrected chi connectivity index (χ4v) is 1.59. The zero-order chi connectivity index (χ0) is 11.4. The lowest BCUT2D eigenvalue weighted by Crippen LogP contribution is -2.32. The summed E-state index contributed by atoms with van der Waals surface area (Å²) in [5, 5.41) is 12.2. The van der Waals surface area contributed by atoms with Gasteiger partial charge in [0.1, 0.15) is 5.82 Å². The number of aliphatic hydroxyl groups is 1. The Hall–Kier alpha value is -1.00. The Bertz CT molecular complexity index is 328. The highest BCUT2D eigenvalue weighted by Crippen LogP contribution is 2.14. The number of aromatic nitrogens is 2. The quantitative estimate of drug-likeness (QED) is 0.780. The molecule has 1 heterocycles. The summed E-state index contributed by atoms with van der Waals surface area (Å²) in [5.41, 5.74) is 2.08. The van der Waals surface area contributed by atoms with Gasteiger partial charge in [-0.1, -0.05) is 0 Å². The maximum absolute atomic E-state index is 8.95. The normalized spacial score (nSPS) is 15.0. The Morgan fingerprint density at radius 2 is 2.07 bits per heavy atom. The minimum atomic E-state index is 0.0840. The molecule has 1 rings (SSSR count). The molecule has 84 valence electrons. The molecule has 0 bridgehead atoms. The van der Waals surface area contributed by atoms with Gasteiger partial charge in [0.05, 0.1) is 6.61 Å². The van der Waals surface area contributed by atoms with Crippen molar-refractivity contribution in [1.82, 2.24) is 15.3 Å². The molecule has 4 heteroatoms. The Labute approximate surface area is 90.8 Å². The van der Waals surface area contributed by atoms with Crippen molar-refractivity contribution in [1.29, 1.82) is 0 Å². The van der Waals surface area contributed by atoms with Crippen molar-refractivity contribution >= 4 is 0 Å². The second-order valence-electron chi connectivity index (χ2n) is 3.93. The van der Waals surface area contributed by atoms with Crippen LogP contribution < -0.4 is 5.32 Å². The molecule has 4 nitrogen and oxygen atoms in total. The average molecular weight is 209 g/mol. The van der Waals surface area contributed by atoms with Gasteiger partial charge in [-0.15, -0.1) is 0 Å².